The van der Waals surface area contributed by atoms with Gasteiger partial charge in [0.05, 0.1) is 16.4 Å². The molecule has 1 atom stereocenters. The lowest BCUT2D eigenvalue weighted by molar-refractivity contribution is -0.384. The fourth-order valence-electron chi connectivity index (χ4n) is 1.68. The van der Waals surface area contributed by atoms with E-state index in [9.17, 15) is 18.5 Å². The molecule has 0 bridgehead atoms. The summed E-state index contributed by atoms with van der Waals surface area (Å²) in [7, 11) is -2.42. The lowest BCUT2D eigenvalue weighted by Gasteiger charge is -2.16. The number of ether oxygens (including phenoxy) is 1. The molecule has 1 aromatic carbocycles. The Hall–Kier alpha value is -1.75. The van der Waals surface area contributed by atoms with Crippen LogP contribution in [0.2, 0.25) is 0 Å². The Morgan fingerprint density at radius 1 is 1.48 bits per heavy atom. The molecule has 4 N–H and O–H groups in total. The molecule has 0 saturated heterocycles. The molecule has 21 heavy (non-hydrogen) atoms. The highest BCUT2D eigenvalue weighted by Gasteiger charge is 2.23. The van der Waals surface area contributed by atoms with E-state index >= 15 is 0 Å². The molecule has 9 nitrogen and oxygen atoms in total. The van der Waals surface area contributed by atoms with Crippen LogP contribution in [-0.4, -0.2) is 33.1 Å². The van der Waals surface area contributed by atoms with Crippen LogP contribution in [0.5, 0.6) is 0 Å². The number of benzene rings is 1. The summed E-state index contributed by atoms with van der Waals surface area (Å²) in [5, 5.41) is 10.9. The maximum atomic E-state index is 12.2. The van der Waals surface area contributed by atoms with Crippen molar-refractivity contribution in [2.24, 2.45) is 5.84 Å². The second kappa shape index (κ2) is 7.31. The van der Waals surface area contributed by atoms with Crippen LogP contribution in [0.25, 0.3) is 0 Å². The summed E-state index contributed by atoms with van der Waals surface area (Å²) in [6, 6.07) is 3.02. The number of nitrogen functional groups attached to an aromatic ring is 1. The minimum atomic E-state index is -3.88. The topological polar surface area (TPSA) is 137 Å². The van der Waals surface area contributed by atoms with Crippen LogP contribution in [0.15, 0.2) is 23.1 Å². The van der Waals surface area contributed by atoms with E-state index in [1.54, 1.807) is 6.92 Å². The van der Waals surface area contributed by atoms with E-state index in [0.29, 0.717) is 6.42 Å². The number of sulfonamides is 1. The maximum Gasteiger partial charge on any atom is 0.294 e. The van der Waals surface area contributed by atoms with Crippen molar-refractivity contribution in [3.05, 3.63) is 28.3 Å². The number of nitrogens with two attached hydrogens (primary N) is 1. The van der Waals surface area contributed by atoms with Crippen molar-refractivity contribution >= 4 is 21.4 Å². The summed E-state index contributed by atoms with van der Waals surface area (Å²) in [5.41, 5.74) is 1.76. The Kier molecular flexibility index (Phi) is 6.03. The van der Waals surface area contributed by atoms with Crippen molar-refractivity contribution in [3.63, 3.8) is 0 Å². The summed E-state index contributed by atoms with van der Waals surface area (Å²) in [4.78, 5) is 10.0. The van der Waals surface area contributed by atoms with E-state index in [4.69, 9.17) is 10.6 Å². The number of nitro groups is 1. The van der Waals surface area contributed by atoms with Gasteiger partial charge in [-0.2, -0.15) is 0 Å². The van der Waals surface area contributed by atoms with Crippen molar-refractivity contribution in [2.75, 3.05) is 19.1 Å². The highest BCUT2D eigenvalue weighted by molar-refractivity contribution is 7.89. The SMILES string of the molecule is CCC(COC)NS(=O)(=O)c1ccc(NN)c([N+](=O)[O-])c1. The van der Waals surface area contributed by atoms with Crippen LogP contribution in [0, 0.1) is 10.1 Å². The fraction of sp³-hybridized carbons (Fsp3) is 0.455. The smallest absolute Gasteiger partial charge is 0.294 e. The predicted octanol–water partition coefficient (Wildman–Crippen LogP) is 0.584. The molecule has 0 radical (unpaired) electrons. The minimum absolute atomic E-state index is 0.0304. The molecule has 1 unspecified atom stereocenters. The quantitative estimate of drug-likeness (QED) is 0.362. The first-order valence-electron chi connectivity index (χ1n) is 6.12. The third kappa shape index (κ3) is 4.36. The molecule has 10 heteroatoms. The van der Waals surface area contributed by atoms with Gasteiger partial charge in [0.2, 0.25) is 10.0 Å². The Morgan fingerprint density at radius 2 is 2.14 bits per heavy atom. The van der Waals surface area contributed by atoms with Crippen molar-refractivity contribution in [1.29, 1.82) is 0 Å². The third-order valence-electron chi connectivity index (χ3n) is 2.81. The van der Waals surface area contributed by atoms with E-state index < -0.39 is 26.7 Å². The van der Waals surface area contributed by atoms with Crippen LogP contribution >= 0.6 is 0 Å². The molecule has 1 rings (SSSR count). The lowest BCUT2D eigenvalue weighted by Crippen LogP contribution is -2.37. The summed E-state index contributed by atoms with van der Waals surface area (Å²) in [6.07, 6.45) is 0.525. The van der Waals surface area contributed by atoms with Crippen LogP contribution in [0.4, 0.5) is 11.4 Å². The number of hydrazine groups is 1. The Bertz CT molecular complexity index is 605. The van der Waals surface area contributed by atoms with Gasteiger partial charge in [-0.1, -0.05) is 6.92 Å². The van der Waals surface area contributed by atoms with Crippen molar-refractivity contribution in [3.8, 4) is 0 Å². The molecule has 118 valence electrons. The van der Waals surface area contributed by atoms with Gasteiger partial charge in [-0.15, -0.1) is 0 Å². The summed E-state index contributed by atoms with van der Waals surface area (Å²) >= 11 is 0. The van der Waals surface area contributed by atoms with E-state index in [0.717, 1.165) is 6.07 Å². The Labute approximate surface area is 122 Å². The zero-order chi connectivity index (χ0) is 16.0. The fourth-order valence-corrected chi connectivity index (χ4v) is 3.00. The zero-order valence-corrected chi connectivity index (χ0v) is 12.5. The molecule has 0 spiro atoms. The molecule has 0 amide bonds. The van der Waals surface area contributed by atoms with Crippen LogP contribution in [0.3, 0.4) is 0 Å². The highest BCUT2D eigenvalue weighted by Crippen LogP contribution is 2.26. The van der Waals surface area contributed by atoms with Gasteiger partial charge in [-0.25, -0.2) is 13.1 Å². The first-order valence-corrected chi connectivity index (χ1v) is 7.60. The number of anilines is 1. The number of nitrogens with zero attached hydrogens (tertiary/aromatic N) is 1. The molecule has 0 saturated carbocycles. The predicted molar refractivity (Wildman–Crippen MR) is 77.2 cm³/mol. The van der Waals surface area contributed by atoms with Crippen molar-refractivity contribution in [1.82, 2.24) is 4.72 Å². The normalized spacial score (nSPS) is 12.9. The molecule has 0 heterocycles. The van der Waals surface area contributed by atoms with Crippen LogP contribution < -0.4 is 16.0 Å². The molecule has 0 fully saturated rings. The number of methoxy groups -OCH3 is 1. The average molecular weight is 318 g/mol. The summed E-state index contributed by atoms with van der Waals surface area (Å²) in [6.45, 7) is 2.01. The van der Waals surface area contributed by atoms with Crippen molar-refractivity contribution < 1.29 is 18.1 Å². The second-order valence-electron chi connectivity index (χ2n) is 4.26. The molecule has 1 aromatic rings. The maximum absolute atomic E-state index is 12.2. The van der Waals surface area contributed by atoms with Gasteiger partial charge < -0.3 is 10.2 Å². The summed E-state index contributed by atoms with van der Waals surface area (Å²) < 4.78 is 31.8. The standard InChI is InChI=1S/C11H18N4O5S/c1-3-8(7-20-2)14-21(18,19)9-4-5-10(13-12)11(6-9)15(16)17/h4-6,8,13-14H,3,7,12H2,1-2H3. The van der Waals surface area contributed by atoms with E-state index in [2.05, 4.69) is 10.1 Å². The lowest BCUT2D eigenvalue weighted by atomic mass is 10.3. The highest BCUT2D eigenvalue weighted by atomic mass is 32.2. The first-order chi connectivity index (χ1) is 9.85. The molecule has 0 aliphatic heterocycles. The second-order valence-corrected chi connectivity index (χ2v) is 5.98. The van der Waals surface area contributed by atoms with Gasteiger partial charge in [0.25, 0.3) is 5.69 Å². The number of hydrogen-bond acceptors (Lipinski definition) is 7. The Morgan fingerprint density at radius 3 is 2.62 bits per heavy atom. The van der Waals surface area contributed by atoms with Crippen LogP contribution in [-0.2, 0) is 14.8 Å². The molecular formula is C11H18N4O5S. The minimum Gasteiger partial charge on any atom is -0.383 e. The van der Waals surface area contributed by atoms with Gasteiger partial charge >= 0.3 is 0 Å². The number of hydrogen-bond donors (Lipinski definition) is 3. The first kappa shape index (κ1) is 17.3. The summed E-state index contributed by atoms with van der Waals surface area (Å²) in [5.74, 6) is 5.15. The van der Waals surface area contributed by atoms with Gasteiger partial charge in [-0.05, 0) is 18.6 Å². The number of nitrogens with one attached hydrogen (secondary N) is 2. The Balaban J connectivity index is 3.14. The molecule has 0 aliphatic rings. The number of nitro benzene ring substituents is 1. The average Bonchev–Trinajstić information content (AvgIpc) is 2.45. The zero-order valence-electron chi connectivity index (χ0n) is 11.7. The largest absolute Gasteiger partial charge is 0.383 e. The number of rotatable bonds is 8. The van der Waals surface area contributed by atoms with Gasteiger partial charge in [0.1, 0.15) is 5.69 Å². The third-order valence-corrected chi connectivity index (χ3v) is 4.33. The van der Waals surface area contributed by atoms with Crippen LogP contribution in [0.1, 0.15) is 13.3 Å². The van der Waals surface area contributed by atoms with Gasteiger partial charge in [0, 0.05) is 19.2 Å². The van der Waals surface area contributed by atoms with E-state index in [1.165, 1.54) is 19.2 Å². The van der Waals surface area contributed by atoms with Gasteiger partial charge in [0.15, 0.2) is 0 Å². The molecule has 0 aromatic heterocycles. The van der Waals surface area contributed by atoms with Gasteiger partial charge in [-0.3, -0.25) is 16.0 Å². The van der Waals surface area contributed by atoms with E-state index in [1.807, 2.05) is 0 Å². The molecule has 0 aliphatic carbocycles. The van der Waals surface area contributed by atoms with E-state index in [-0.39, 0.29) is 17.2 Å². The monoisotopic (exact) mass is 318 g/mol. The van der Waals surface area contributed by atoms with Crippen molar-refractivity contribution in [2.45, 2.75) is 24.3 Å². The molecular weight excluding hydrogens is 300 g/mol.